The summed E-state index contributed by atoms with van der Waals surface area (Å²) in [6.45, 7) is -0.135. The van der Waals surface area contributed by atoms with Crippen LogP contribution in [0.2, 0.25) is 0 Å². The molecular formula is C12H12F3N3O3. The van der Waals surface area contributed by atoms with Crippen LogP contribution >= 0.6 is 0 Å². The van der Waals surface area contributed by atoms with E-state index in [1.165, 1.54) is 0 Å². The lowest BCUT2D eigenvalue weighted by Crippen LogP contribution is -2.21. The zero-order valence-electron chi connectivity index (χ0n) is 10.7. The lowest BCUT2D eigenvalue weighted by Gasteiger charge is -2.20. The first-order chi connectivity index (χ1) is 9.81. The largest absolute Gasteiger partial charge is 0.416 e. The van der Waals surface area contributed by atoms with Crippen molar-refractivity contribution in [3.8, 4) is 0 Å². The number of carbonyl (C=O) groups excluding carboxylic acids is 1. The van der Waals surface area contributed by atoms with E-state index in [2.05, 4.69) is 10.0 Å². The third-order valence-electron chi connectivity index (χ3n) is 2.81. The monoisotopic (exact) mass is 303 g/mol. The number of aliphatic hydroxyl groups is 2. The van der Waals surface area contributed by atoms with Gasteiger partial charge < -0.3 is 10.2 Å². The Kier molecular flexibility index (Phi) is 5.71. The molecule has 0 saturated carbocycles. The summed E-state index contributed by atoms with van der Waals surface area (Å²) in [6.07, 6.45) is -7.65. The standard InChI is InChI=1S/C12H12F3N3O3/c13-12(14,15)8-2-1-7(6-19)9(5-8)11(21)10(20)3-4-17-18-16/h1-2,5-6,10-11,20-21H,3-4H2. The third-order valence-corrected chi connectivity index (χ3v) is 2.81. The molecule has 6 nitrogen and oxygen atoms in total. The molecule has 1 aromatic carbocycles. The van der Waals surface area contributed by atoms with Crippen molar-refractivity contribution in [2.45, 2.75) is 24.8 Å². The number of nitrogens with zero attached hydrogens (tertiary/aromatic N) is 3. The summed E-state index contributed by atoms with van der Waals surface area (Å²) in [6, 6.07) is 2.26. The van der Waals surface area contributed by atoms with Crippen LogP contribution in [-0.2, 0) is 6.18 Å². The molecule has 114 valence electrons. The Morgan fingerprint density at radius 1 is 1.38 bits per heavy atom. The second kappa shape index (κ2) is 7.07. The van der Waals surface area contributed by atoms with Gasteiger partial charge in [-0.15, -0.1) is 0 Å². The number of aliphatic hydroxyl groups excluding tert-OH is 2. The molecule has 9 heteroatoms. The number of carbonyl (C=O) groups is 1. The van der Waals surface area contributed by atoms with Crippen LogP contribution in [0.3, 0.4) is 0 Å². The number of alkyl halides is 3. The molecule has 2 N–H and O–H groups in total. The van der Waals surface area contributed by atoms with E-state index in [0.717, 1.165) is 6.07 Å². The molecule has 0 aliphatic carbocycles. The van der Waals surface area contributed by atoms with Gasteiger partial charge >= 0.3 is 6.18 Å². The summed E-state index contributed by atoms with van der Waals surface area (Å²) < 4.78 is 37.9. The fourth-order valence-corrected chi connectivity index (χ4v) is 1.71. The molecular weight excluding hydrogens is 291 g/mol. The van der Waals surface area contributed by atoms with Gasteiger partial charge in [-0.05, 0) is 29.6 Å². The summed E-state index contributed by atoms with van der Waals surface area (Å²) in [7, 11) is 0. The second-order valence-corrected chi connectivity index (χ2v) is 4.21. The first-order valence-corrected chi connectivity index (χ1v) is 5.84. The minimum atomic E-state index is -4.63. The maximum atomic E-state index is 12.6. The van der Waals surface area contributed by atoms with E-state index in [4.69, 9.17) is 5.53 Å². The van der Waals surface area contributed by atoms with Crippen molar-refractivity contribution >= 4 is 6.29 Å². The van der Waals surface area contributed by atoms with Crippen LogP contribution in [0.4, 0.5) is 13.2 Å². The molecule has 0 radical (unpaired) electrons. The molecule has 0 amide bonds. The average molecular weight is 303 g/mol. The molecule has 0 fully saturated rings. The topological polar surface area (TPSA) is 106 Å². The first kappa shape index (κ1) is 17.0. The van der Waals surface area contributed by atoms with Crippen molar-refractivity contribution in [2.75, 3.05) is 6.54 Å². The Labute approximate surface area is 117 Å². The van der Waals surface area contributed by atoms with Crippen molar-refractivity contribution in [1.29, 1.82) is 0 Å². The highest BCUT2D eigenvalue weighted by molar-refractivity contribution is 5.77. The van der Waals surface area contributed by atoms with Crippen LogP contribution in [0.25, 0.3) is 10.4 Å². The van der Waals surface area contributed by atoms with Crippen LogP contribution in [0.1, 0.15) is 34.0 Å². The smallest absolute Gasteiger partial charge is 0.390 e. The first-order valence-electron chi connectivity index (χ1n) is 5.84. The van der Waals surface area contributed by atoms with Gasteiger partial charge in [0.25, 0.3) is 0 Å². The summed E-state index contributed by atoms with van der Waals surface area (Å²) in [4.78, 5) is 13.3. The molecule has 0 heterocycles. The average Bonchev–Trinajstić information content (AvgIpc) is 2.44. The number of aldehydes is 1. The predicted molar refractivity (Wildman–Crippen MR) is 66.4 cm³/mol. The predicted octanol–water partition coefficient (Wildman–Crippen LogP) is 2.61. The highest BCUT2D eigenvalue weighted by Gasteiger charge is 2.32. The Balaban J connectivity index is 3.08. The van der Waals surface area contributed by atoms with Crippen molar-refractivity contribution in [3.63, 3.8) is 0 Å². The fraction of sp³-hybridized carbons (Fsp3) is 0.417. The van der Waals surface area contributed by atoms with Crippen LogP contribution in [0.5, 0.6) is 0 Å². The van der Waals surface area contributed by atoms with Crippen LogP contribution in [-0.4, -0.2) is 29.1 Å². The van der Waals surface area contributed by atoms with E-state index in [0.29, 0.717) is 18.4 Å². The minimum absolute atomic E-state index is 0.135. The zero-order chi connectivity index (χ0) is 16.0. The Bertz CT molecular complexity index is 556. The molecule has 0 spiro atoms. The summed E-state index contributed by atoms with van der Waals surface area (Å²) in [5, 5.41) is 22.7. The van der Waals surface area contributed by atoms with Gasteiger partial charge in [-0.3, -0.25) is 4.79 Å². The zero-order valence-corrected chi connectivity index (χ0v) is 10.7. The number of halogens is 3. The van der Waals surface area contributed by atoms with Gasteiger partial charge in [0.05, 0.1) is 11.7 Å². The Morgan fingerprint density at radius 2 is 2.05 bits per heavy atom. The molecule has 0 aliphatic rings. The van der Waals surface area contributed by atoms with Gasteiger partial charge in [0.2, 0.25) is 0 Å². The van der Waals surface area contributed by atoms with Gasteiger partial charge in [0.15, 0.2) is 0 Å². The summed E-state index contributed by atoms with van der Waals surface area (Å²) >= 11 is 0. The molecule has 21 heavy (non-hydrogen) atoms. The molecule has 2 atom stereocenters. The molecule has 2 unspecified atom stereocenters. The van der Waals surface area contributed by atoms with Crippen molar-refractivity contribution in [2.24, 2.45) is 5.11 Å². The Morgan fingerprint density at radius 3 is 2.57 bits per heavy atom. The van der Waals surface area contributed by atoms with Crippen molar-refractivity contribution < 1.29 is 28.2 Å². The van der Waals surface area contributed by atoms with E-state index >= 15 is 0 Å². The van der Waals surface area contributed by atoms with E-state index in [-0.39, 0.29) is 24.1 Å². The van der Waals surface area contributed by atoms with Crippen LogP contribution < -0.4 is 0 Å². The van der Waals surface area contributed by atoms with Gasteiger partial charge in [-0.25, -0.2) is 0 Å². The highest BCUT2D eigenvalue weighted by atomic mass is 19.4. The van der Waals surface area contributed by atoms with E-state index in [1.807, 2.05) is 0 Å². The number of benzene rings is 1. The quantitative estimate of drug-likeness (QED) is 0.365. The maximum Gasteiger partial charge on any atom is 0.416 e. The van der Waals surface area contributed by atoms with Crippen molar-refractivity contribution in [3.05, 3.63) is 45.3 Å². The van der Waals surface area contributed by atoms with Gasteiger partial charge in [-0.2, -0.15) is 13.2 Å². The maximum absolute atomic E-state index is 12.6. The van der Waals surface area contributed by atoms with E-state index in [9.17, 15) is 28.2 Å². The lowest BCUT2D eigenvalue weighted by atomic mass is 9.95. The summed E-state index contributed by atoms with van der Waals surface area (Å²) in [5.41, 5.74) is 6.57. The molecule has 1 rings (SSSR count). The molecule has 0 aliphatic heterocycles. The van der Waals surface area contributed by atoms with E-state index in [1.54, 1.807) is 0 Å². The van der Waals surface area contributed by atoms with Crippen molar-refractivity contribution in [1.82, 2.24) is 0 Å². The number of hydrogen-bond acceptors (Lipinski definition) is 4. The van der Waals surface area contributed by atoms with Gasteiger partial charge in [0.1, 0.15) is 12.4 Å². The molecule has 0 bridgehead atoms. The SMILES string of the molecule is [N-]=[N+]=NCCC(O)C(O)c1cc(C(F)(F)F)ccc1C=O. The number of rotatable bonds is 6. The number of hydrogen-bond donors (Lipinski definition) is 2. The second-order valence-electron chi connectivity index (χ2n) is 4.21. The van der Waals surface area contributed by atoms with Gasteiger partial charge in [-0.1, -0.05) is 11.2 Å². The number of azide groups is 1. The van der Waals surface area contributed by atoms with Gasteiger partial charge in [0, 0.05) is 17.0 Å². The summed E-state index contributed by atoms with van der Waals surface area (Å²) in [5.74, 6) is 0. The fourth-order valence-electron chi connectivity index (χ4n) is 1.71. The molecule has 1 aromatic rings. The molecule has 0 saturated heterocycles. The third kappa shape index (κ3) is 4.45. The minimum Gasteiger partial charge on any atom is -0.390 e. The Hall–Kier alpha value is -2.09. The molecule has 0 aromatic heterocycles. The lowest BCUT2D eigenvalue weighted by molar-refractivity contribution is -0.137. The highest BCUT2D eigenvalue weighted by Crippen LogP contribution is 2.32. The van der Waals surface area contributed by atoms with Crippen LogP contribution in [0.15, 0.2) is 23.3 Å². The van der Waals surface area contributed by atoms with E-state index < -0.39 is 23.9 Å². The normalized spacial score (nSPS) is 14.1. The van der Waals surface area contributed by atoms with Crippen LogP contribution in [0, 0.1) is 0 Å².